The van der Waals surface area contributed by atoms with Crippen molar-refractivity contribution in [3.8, 4) is 34.1 Å². The van der Waals surface area contributed by atoms with E-state index in [2.05, 4.69) is 5.32 Å². The number of halogens is 9. The molecule has 0 bridgehead atoms. The molecular weight excluding hydrogens is 1040 g/mol. The molecule has 0 radical (unpaired) electrons. The number of hydrogen-bond donors (Lipinski definition) is 3. The summed E-state index contributed by atoms with van der Waals surface area (Å²) in [5, 5.41) is 21.8. The van der Waals surface area contributed by atoms with E-state index in [0.717, 1.165) is 17.2 Å². The highest BCUT2D eigenvalue weighted by Gasteiger charge is 2.46. The fourth-order valence-electron chi connectivity index (χ4n) is 8.64. The van der Waals surface area contributed by atoms with E-state index >= 15 is 4.79 Å². The quantitative estimate of drug-likeness (QED) is 0.0478. The van der Waals surface area contributed by atoms with Gasteiger partial charge in [-0.25, -0.2) is 4.79 Å². The molecule has 392 valence electrons. The van der Waals surface area contributed by atoms with E-state index in [9.17, 15) is 36.2 Å². The van der Waals surface area contributed by atoms with Crippen LogP contribution in [-0.2, 0) is 11.0 Å². The van der Waals surface area contributed by atoms with Gasteiger partial charge in [-0.1, -0.05) is 65.1 Å². The van der Waals surface area contributed by atoms with Crippen molar-refractivity contribution in [2.24, 2.45) is 4.99 Å². The first-order valence-electron chi connectivity index (χ1n) is 23.3. The topological polar surface area (TPSA) is 140 Å². The average Bonchev–Trinajstić information content (AvgIpc) is 3.74. The number of urea groups is 1. The fourth-order valence-corrected chi connectivity index (χ4v) is 9.12. The molecule has 0 spiro atoms. The minimum atomic E-state index is -5.02. The summed E-state index contributed by atoms with van der Waals surface area (Å²) in [6, 6.07) is 23.3. The van der Waals surface area contributed by atoms with Crippen molar-refractivity contribution in [1.29, 1.82) is 5.41 Å². The largest absolute Gasteiger partial charge is 0.506 e. The summed E-state index contributed by atoms with van der Waals surface area (Å²) >= 11 is 18.6. The van der Waals surface area contributed by atoms with Crippen LogP contribution in [0.15, 0.2) is 108 Å². The van der Waals surface area contributed by atoms with E-state index in [4.69, 9.17) is 59.4 Å². The minimum absolute atomic E-state index is 0.00118. The van der Waals surface area contributed by atoms with Gasteiger partial charge in [0.1, 0.15) is 47.1 Å². The Hall–Kier alpha value is -6.63. The standard InChI is InChI=1S/C53H51Cl3F6N6O6/c1-30(2)74-43-27-36(72-4)17-18-38(43)50-65-47(31-8-13-34(54)14-9-31)48(32-10-15-35(55)16-11-32)68(50)51(71)67-24-23-66(45(69)29-67)22-6-5-7-25-73-42-21-19-37(41(64-3)28-44(63)53(60,61)62)49(70)46(42)33-12-20-40(56)39(26-33)52(57,58)59/h8-21,26-28,30,47-48,63-64,70H,5-7,22-25,29H2,1-4H3/b41-28-,63-44?. The molecule has 21 heteroatoms. The number of aliphatic imine (C=N–C) groups is 1. The van der Waals surface area contributed by atoms with Crippen LogP contribution in [0.2, 0.25) is 15.1 Å². The normalized spacial score (nSPS) is 16.4. The average molecular weight is 1090 g/mol. The number of alkyl halides is 6. The Morgan fingerprint density at radius 1 is 0.878 bits per heavy atom. The molecule has 2 aliphatic rings. The zero-order valence-corrected chi connectivity index (χ0v) is 42.7. The summed E-state index contributed by atoms with van der Waals surface area (Å²) in [7, 11) is 2.80. The lowest BCUT2D eigenvalue weighted by Gasteiger charge is -2.38. The van der Waals surface area contributed by atoms with Gasteiger partial charge in [-0.3, -0.25) is 20.1 Å². The number of piperazine rings is 1. The Kier molecular flexibility index (Phi) is 17.3. The summed E-state index contributed by atoms with van der Waals surface area (Å²) in [6.45, 7) is 4.28. The van der Waals surface area contributed by atoms with Crippen LogP contribution in [0.4, 0.5) is 31.1 Å². The van der Waals surface area contributed by atoms with Crippen molar-refractivity contribution < 1.29 is 55.2 Å². The molecule has 12 nitrogen and oxygen atoms in total. The van der Waals surface area contributed by atoms with Crippen molar-refractivity contribution in [3.05, 3.63) is 146 Å². The summed E-state index contributed by atoms with van der Waals surface area (Å²) < 4.78 is 99.7. The number of benzene rings is 5. The second kappa shape index (κ2) is 23.3. The minimum Gasteiger partial charge on any atom is -0.506 e. The summed E-state index contributed by atoms with van der Waals surface area (Å²) in [6.07, 6.45) is -8.29. The van der Waals surface area contributed by atoms with Gasteiger partial charge in [-0.05, 0) is 117 Å². The number of ether oxygens (including phenoxy) is 3. The van der Waals surface area contributed by atoms with Gasteiger partial charge in [0.2, 0.25) is 5.91 Å². The Morgan fingerprint density at radius 3 is 2.16 bits per heavy atom. The summed E-state index contributed by atoms with van der Waals surface area (Å²) in [4.78, 5) is 39.0. The maximum Gasteiger partial charge on any atom is 0.432 e. The van der Waals surface area contributed by atoms with Gasteiger partial charge < -0.3 is 34.4 Å². The smallest absolute Gasteiger partial charge is 0.432 e. The molecule has 0 saturated carbocycles. The van der Waals surface area contributed by atoms with Gasteiger partial charge in [0.25, 0.3) is 0 Å². The Morgan fingerprint density at radius 2 is 1.55 bits per heavy atom. The molecule has 2 heterocycles. The number of nitrogens with one attached hydrogen (secondary N) is 2. The van der Waals surface area contributed by atoms with Gasteiger partial charge in [-0.2, -0.15) is 26.3 Å². The highest BCUT2D eigenvalue weighted by molar-refractivity contribution is 6.31. The number of allylic oxidation sites excluding steroid dienone is 1. The first-order valence-corrected chi connectivity index (χ1v) is 24.4. The SMILES string of the molecule is CN/C(=C\C(=N)C(F)(F)F)c1ccc(OCCCCCN2CCN(C(=O)N3C(c4ccc(OC)cc4OC(C)C)=NC(c4ccc(Cl)cc4)C3c3ccc(Cl)cc3)CC2=O)c(-c2ccc(Cl)c(C(F)(F)F)c2)c1O. The molecule has 5 aromatic carbocycles. The van der Waals surface area contributed by atoms with Gasteiger partial charge in [0, 0.05) is 54.1 Å². The molecular formula is C53H51Cl3F6N6O6. The maximum absolute atomic E-state index is 15.1. The van der Waals surface area contributed by atoms with Crippen LogP contribution >= 0.6 is 34.8 Å². The number of hydrogen-bond acceptors (Lipinski definition) is 9. The number of unbranched alkanes of at least 4 members (excludes halogenated alkanes) is 2. The van der Waals surface area contributed by atoms with Gasteiger partial charge in [0.15, 0.2) is 0 Å². The predicted octanol–water partition coefficient (Wildman–Crippen LogP) is 13.0. The van der Waals surface area contributed by atoms with Crippen molar-refractivity contribution in [1.82, 2.24) is 20.0 Å². The van der Waals surface area contributed by atoms with Crippen molar-refractivity contribution in [2.75, 3.05) is 46.9 Å². The molecule has 5 aromatic rings. The molecule has 3 N–H and O–H groups in total. The Balaban J connectivity index is 1.06. The van der Waals surface area contributed by atoms with Crippen LogP contribution in [0.1, 0.15) is 73.0 Å². The fraction of sp³-hybridized carbons (Fsp3) is 0.321. The highest BCUT2D eigenvalue weighted by Crippen LogP contribution is 2.48. The van der Waals surface area contributed by atoms with Gasteiger partial charge >= 0.3 is 18.4 Å². The van der Waals surface area contributed by atoms with Crippen LogP contribution < -0.4 is 19.5 Å². The third-order valence-corrected chi connectivity index (χ3v) is 13.1. The Bertz CT molecular complexity index is 2940. The first kappa shape index (κ1) is 55.1. The van der Waals surface area contributed by atoms with Crippen LogP contribution in [0.3, 0.4) is 0 Å². The number of carbonyl (C=O) groups is 2. The molecule has 2 aliphatic heterocycles. The second-order valence-electron chi connectivity index (χ2n) is 17.6. The number of phenolic OH excluding ortho intramolecular Hbond substituents is 1. The number of amides is 3. The van der Waals surface area contributed by atoms with Crippen molar-refractivity contribution in [3.63, 3.8) is 0 Å². The first-order chi connectivity index (χ1) is 35.1. The third-order valence-electron chi connectivity index (χ3n) is 12.3. The van der Waals surface area contributed by atoms with E-state index in [1.54, 1.807) is 59.4 Å². The van der Waals surface area contributed by atoms with E-state index in [0.29, 0.717) is 70.9 Å². The molecule has 2 unspecified atom stereocenters. The number of methoxy groups -OCH3 is 1. The van der Waals surface area contributed by atoms with E-state index in [1.807, 2.05) is 38.1 Å². The molecule has 7 rings (SSSR count). The number of carbonyl (C=O) groups excluding carboxylic acids is 2. The molecule has 74 heavy (non-hydrogen) atoms. The lowest BCUT2D eigenvalue weighted by molar-refractivity contribution is -0.137. The monoisotopic (exact) mass is 1090 g/mol. The van der Waals surface area contributed by atoms with Crippen LogP contribution in [0, 0.1) is 5.41 Å². The predicted molar refractivity (Wildman–Crippen MR) is 273 cm³/mol. The zero-order chi connectivity index (χ0) is 53.6. The molecule has 1 saturated heterocycles. The van der Waals surface area contributed by atoms with Gasteiger partial charge in [-0.15, -0.1) is 0 Å². The number of aromatic hydroxyl groups is 1. The maximum atomic E-state index is 15.1. The summed E-state index contributed by atoms with van der Waals surface area (Å²) in [5.41, 5.74) is -1.89. The van der Waals surface area contributed by atoms with E-state index in [-0.39, 0.29) is 66.4 Å². The lowest BCUT2D eigenvalue weighted by Crippen LogP contribution is -2.56. The zero-order valence-electron chi connectivity index (χ0n) is 40.4. The number of rotatable bonds is 17. The molecule has 2 atom stereocenters. The molecule has 1 fully saturated rings. The lowest BCUT2D eigenvalue weighted by atomic mass is 9.93. The van der Waals surface area contributed by atoms with Crippen LogP contribution in [-0.4, -0.2) is 103 Å². The number of phenols is 1. The van der Waals surface area contributed by atoms with Crippen LogP contribution in [0.5, 0.6) is 23.0 Å². The molecule has 0 aromatic heterocycles. The Labute approximate surface area is 438 Å². The van der Waals surface area contributed by atoms with Crippen molar-refractivity contribution in [2.45, 2.75) is 63.7 Å². The molecule has 3 amide bonds. The third kappa shape index (κ3) is 12.6. The number of amidine groups is 1. The molecule has 0 aliphatic carbocycles. The van der Waals surface area contributed by atoms with Crippen molar-refractivity contribution >= 4 is 64.0 Å². The second-order valence-corrected chi connectivity index (χ2v) is 18.9. The van der Waals surface area contributed by atoms with Crippen LogP contribution in [0.25, 0.3) is 16.8 Å². The highest BCUT2D eigenvalue weighted by atomic mass is 35.5. The van der Waals surface area contributed by atoms with Gasteiger partial charge in [0.05, 0.1) is 47.6 Å². The summed E-state index contributed by atoms with van der Waals surface area (Å²) in [5.74, 6) is 0.236. The number of nitrogens with zero attached hydrogens (tertiary/aromatic N) is 4. The van der Waals surface area contributed by atoms with E-state index in [1.165, 1.54) is 30.1 Å². The van der Waals surface area contributed by atoms with E-state index < -0.39 is 52.5 Å².